The van der Waals surface area contributed by atoms with E-state index in [0.717, 1.165) is 16.2 Å². The van der Waals surface area contributed by atoms with Crippen LogP contribution >= 0.6 is 0 Å². The number of nitrogens with one attached hydrogen (secondary N) is 2. The van der Waals surface area contributed by atoms with Gasteiger partial charge in [0.2, 0.25) is 5.91 Å². The first-order valence-corrected chi connectivity index (χ1v) is 10.7. The smallest absolute Gasteiger partial charge is 0.270 e. The van der Waals surface area contributed by atoms with Crippen LogP contribution in [0.1, 0.15) is 28.9 Å². The SMILES string of the molecule is CC(NC(=O)c1ccccc1NC(=O)Cn1cnc2ccc([N+](=O)[O-])cc2c1=O)c1ccccc1. The number of hydrogen-bond acceptors (Lipinski definition) is 6. The minimum Gasteiger partial charge on any atom is -0.345 e. The molecule has 0 aliphatic heterocycles. The molecule has 176 valence electrons. The van der Waals surface area contributed by atoms with Crippen molar-refractivity contribution in [1.82, 2.24) is 14.9 Å². The first kappa shape index (κ1) is 23.3. The summed E-state index contributed by atoms with van der Waals surface area (Å²) in [6, 6.07) is 19.5. The summed E-state index contributed by atoms with van der Waals surface area (Å²) in [5.41, 5.74) is 0.938. The van der Waals surface area contributed by atoms with E-state index in [4.69, 9.17) is 0 Å². The molecule has 1 aromatic heterocycles. The van der Waals surface area contributed by atoms with Gasteiger partial charge < -0.3 is 10.6 Å². The molecule has 0 radical (unpaired) electrons. The van der Waals surface area contributed by atoms with E-state index in [1.165, 1.54) is 18.5 Å². The number of anilines is 1. The average Bonchev–Trinajstić information content (AvgIpc) is 2.86. The highest BCUT2D eigenvalue weighted by atomic mass is 16.6. The zero-order valence-electron chi connectivity index (χ0n) is 18.7. The quantitative estimate of drug-likeness (QED) is 0.313. The van der Waals surface area contributed by atoms with Gasteiger partial charge in [-0.3, -0.25) is 29.1 Å². The molecule has 0 saturated heterocycles. The molecule has 0 saturated carbocycles. The van der Waals surface area contributed by atoms with Crippen LogP contribution in [0.4, 0.5) is 11.4 Å². The summed E-state index contributed by atoms with van der Waals surface area (Å²) in [5, 5.41) is 16.6. The molecule has 0 bridgehead atoms. The first-order chi connectivity index (χ1) is 16.8. The van der Waals surface area contributed by atoms with Gasteiger partial charge >= 0.3 is 0 Å². The van der Waals surface area contributed by atoms with Crippen LogP contribution in [0.3, 0.4) is 0 Å². The standard InChI is InChI=1S/C25H21N5O5/c1-16(17-7-3-2-4-8-17)27-24(32)19-9-5-6-10-22(19)28-23(31)14-29-15-26-21-12-11-18(30(34)35)13-20(21)25(29)33/h2-13,15-16H,14H2,1H3,(H,27,32)(H,28,31). The van der Waals surface area contributed by atoms with Crippen LogP contribution in [0, 0.1) is 10.1 Å². The molecular weight excluding hydrogens is 450 g/mol. The number of rotatable bonds is 7. The molecule has 0 aliphatic rings. The lowest BCUT2D eigenvalue weighted by Crippen LogP contribution is -2.30. The summed E-state index contributed by atoms with van der Waals surface area (Å²) in [6.07, 6.45) is 1.20. The fourth-order valence-corrected chi connectivity index (χ4v) is 3.61. The third kappa shape index (κ3) is 5.22. The van der Waals surface area contributed by atoms with Crippen molar-refractivity contribution in [2.24, 2.45) is 0 Å². The molecule has 35 heavy (non-hydrogen) atoms. The summed E-state index contributed by atoms with van der Waals surface area (Å²) < 4.78 is 1.06. The predicted octanol–water partition coefficient (Wildman–Crippen LogP) is 3.43. The molecule has 0 fully saturated rings. The van der Waals surface area contributed by atoms with Crippen LogP contribution in [0.15, 0.2) is 83.9 Å². The summed E-state index contributed by atoms with van der Waals surface area (Å²) >= 11 is 0. The Morgan fingerprint density at radius 2 is 1.77 bits per heavy atom. The van der Waals surface area contributed by atoms with Gasteiger partial charge in [-0.2, -0.15) is 0 Å². The fourth-order valence-electron chi connectivity index (χ4n) is 3.61. The Labute approximate surface area is 199 Å². The van der Waals surface area contributed by atoms with Gasteiger partial charge in [0, 0.05) is 12.1 Å². The van der Waals surface area contributed by atoms with Gasteiger partial charge in [0.25, 0.3) is 17.2 Å². The van der Waals surface area contributed by atoms with Crippen molar-refractivity contribution in [3.8, 4) is 0 Å². The number of para-hydroxylation sites is 1. The number of hydrogen-bond donors (Lipinski definition) is 2. The number of nitrogens with zero attached hydrogens (tertiary/aromatic N) is 3. The maximum atomic E-state index is 12.9. The summed E-state index contributed by atoms with van der Waals surface area (Å²) in [5.74, 6) is -0.927. The number of nitro groups is 1. The van der Waals surface area contributed by atoms with Crippen molar-refractivity contribution >= 4 is 34.1 Å². The molecule has 0 aliphatic carbocycles. The van der Waals surface area contributed by atoms with Crippen LogP contribution in [0.2, 0.25) is 0 Å². The molecule has 2 N–H and O–H groups in total. The van der Waals surface area contributed by atoms with Crippen molar-refractivity contribution in [3.05, 3.63) is 111 Å². The molecule has 2 amide bonds. The van der Waals surface area contributed by atoms with E-state index in [1.807, 2.05) is 37.3 Å². The third-order valence-electron chi connectivity index (χ3n) is 5.43. The van der Waals surface area contributed by atoms with Crippen LogP contribution in [0.25, 0.3) is 10.9 Å². The molecule has 4 aromatic rings. The first-order valence-electron chi connectivity index (χ1n) is 10.7. The number of aromatic nitrogens is 2. The Morgan fingerprint density at radius 1 is 1.06 bits per heavy atom. The van der Waals surface area contributed by atoms with Gasteiger partial charge in [-0.05, 0) is 30.7 Å². The third-order valence-corrected chi connectivity index (χ3v) is 5.43. The summed E-state index contributed by atoms with van der Waals surface area (Å²) in [4.78, 5) is 52.9. The molecule has 3 aromatic carbocycles. The highest BCUT2D eigenvalue weighted by Crippen LogP contribution is 2.19. The molecule has 1 atom stereocenters. The number of fused-ring (bicyclic) bond motifs is 1. The number of non-ortho nitro benzene ring substituents is 1. The molecule has 10 heteroatoms. The highest BCUT2D eigenvalue weighted by Gasteiger charge is 2.17. The number of carbonyl (C=O) groups excluding carboxylic acids is 2. The van der Waals surface area contributed by atoms with E-state index in [-0.39, 0.29) is 46.3 Å². The molecule has 1 heterocycles. The molecule has 1 unspecified atom stereocenters. The van der Waals surface area contributed by atoms with E-state index in [0.29, 0.717) is 0 Å². The molecule has 4 rings (SSSR count). The monoisotopic (exact) mass is 471 g/mol. The van der Waals surface area contributed by atoms with E-state index < -0.39 is 16.4 Å². The minimum absolute atomic E-state index is 0.0316. The van der Waals surface area contributed by atoms with Gasteiger partial charge in [0.05, 0.1) is 39.4 Å². The van der Waals surface area contributed by atoms with Crippen LogP contribution in [0.5, 0.6) is 0 Å². The lowest BCUT2D eigenvalue weighted by molar-refractivity contribution is -0.384. The second kappa shape index (κ2) is 9.96. The largest absolute Gasteiger partial charge is 0.345 e. The Bertz CT molecular complexity index is 1480. The topological polar surface area (TPSA) is 136 Å². The van der Waals surface area contributed by atoms with Gasteiger partial charge in [0.1, 0.15) is 6.54 Å². The Hall–Kier alpha value is -4.86. The van der Waals surface area contributed by atoms with Crippen LogP contribution in [-0.2, 0) is 11.3 Å². The zero-order valence-corrected chi connectivity index (χ0v) is 18.7. The van der Waals surface area contributed by atoms with E-state index in [1.54, 1.807) is 24.3 Å². The van der Waals surface area contributed by atoms with Gasteiger partial charge in [-0.25, -0.2) is 4.98 Å². The number of carbonyl (C=O) groups is 2. The van der Waals surface area contributed by atoms with E-state index in [2.05, 4.69) is 15.6 Å². The maximum Gasteiger partial charge on any atom is 0.270 e. The number of amides is 2. The Balaban J connectivity index is 1.52. The van der Waals surface area contributed by atoms with Gasteiger partial charge in [0.15, 0.2) is 0 Å². The molecule has 10 nitrogen and oxygen atoms in total. The highest BCUT2D eigenvalue weighted by molar-refractivity contribution is 6.03. The van der Waals surface area contributed by atoms with Crippen LogP contribution < -0.4 is 16.2 Å². The van der Waals surface area contributed by atoms with Crippen molar-refractivity contribution in [3.63, 3.8) is 0 Å². The normalized spacial score (nSPS) is 11.6. The second-order valence-electron chi connectivity index (χ2n) is 7.84. The molecular formula is C25H21N5O5. The summed E-state index contributed by atoms with van der Waals surface area (Å²) in [7, 11) is 0. The second-order valence-corrected chi connectivity index (χ2v) is 7.84. The number of nitro benzene ring substituents is 1. The van der Waals surface area contributed by atoms with Gasteiger partial charge in [-0.15, -0.1) is 0 Å². The zero-order chi connectivity index (χ0) is 24.9. The lowest BCUT2D eigenvalue weighted by Gasteiger charge is -2.16. The number of benzene rings is 3. The minimum atomic E-state index is -0.608. The van der Waals surface area contributed by atoms with Crippen molar-refractivity contribution in [2.45, 2.75) is 19.5 Å². The summed E-state index contributed by atoms with van der Waals surface area (Å²) in [6.45, 7) is 1.47. The van der Waals surface area contributed by atoms with Crippen molar-refractivity contribution in [2.75, 3.05) is 5.32 Å². The fraction of sp³-hybridized carbons (Fsp3) is 0.120. The van der Waals surface area contributed by atoms with Gasteiger partial charge in [-0.1, -0.05) is 42.5 Å². The van der Waals surface area contributed by atoms with Crippen molar-refractivity contribution in [1.29, 1.82) is 0 Å². The Kier molecular flexibility index (Phi) is 6.63. The Morgan fingerprint density at radius 3 is 2.51 bits per heavy atom. The maximum absolute atomic E-state index is 12.9. The van der Waals surface area contributed by atoms with E-state index in [9.17, 15) is 24.5 Å². The molecule has 0 spiro atoms. The van der Waals surface area contributed by atoms with Crippen molar-refractivity contribution < 1.29 is 14.5 Å². The predicted molar refractivity (Wildman–Crippen MR) is 130 cm³/mol. The van der Waals surface area contributed by atoms with E-state index >= 15 is 0 Å². The lowest BCUT2D eigenvalue weighted by atomic mass is 10.1. The van der Waals surface area contributed by atoms with Crippen LogP contribution in [-0.4, -0.2) is 26.3 Å². The average molecular weight is 471 g/mol.